The largest absolute Gasteiger partial charge is 0.326 e. The van der Waals surface area contributed by atoms with E-state index >= 15 is 0 Å². The van der Waals surface area contributed by atoms with Crippen molar-refractivity contribution in [3.8, 4) is 0 Å². The Morgan fingerprint density at radius 2 is 1.06 bits per heavy atom. The predicted octanol–water partition coefficient (Wildman–Crippen LogP) is 2.57. The standard InChI is InChI=1S/C16H19N2/c1-12(15-6-2-13(10-17)3-7-15)16-8-4-14(11-18)5-9-16/h2-9,12H,1,10-11,17-18H2. The maximum absolute atomic E-state index is 5.59. The zero-order chi connectivity index (χ0) is 13.0. The third kappa shape index (κ3) is 2.78. The molecule has 0 aromatic heterocycles. The summed E-state index contributed by atoms with van der Waals surface area (Å²) in [6, 6.07) is 16.6. The molecule has 18 heavy (non-hydrogen) atoms. The fourth-order valence-electron chi connectivity index (χ4n) is 1.96. The molecule has 0 spiro atoms. The molecular weight excluding hydrogens is 220 g/mol. The number of benzene rings is 2. The summed E-state index contributed by atoms with van der Waals surface area (Å²) in [5.74, 6) is 0.142. The van der Waals surface area contributed by atoms with E-state index in [9.17, 15) is 0 Å². The first kappa shape index (κ1) is 12.8. The van der Waals surface area contributed by atoms with Gasteiger partial charge in [0.05, 0.1) is 0 Å². The molecule has 0 saturated carbocycles. The van der Waals surface area contributed by atoms with Crippen LogP contribution in [0.25, 0.3) is 0 Å². The summed E-state index contributed by atoms with van der Waals surface area (Å²) >= 11 is 0. The van der Waals surface area contributed by atoms with Gasteiger partial charge in [-0.15, -0.1) is 0 Å². The summed E-state index contributed by atoms with van der Waals surface area (Å²) < 4.78 is 0. The zero-order valence-electron chi connectivity index (χ0n) is 10.5. The van der Waals surface area contributed by atoms with Crippen LogP contribution in [0, 0.1) is 6.92 Å². The number of hydrogen-bond donors (Lipinski definition) is 2. The van der Waals surface area contributed by atoms with Crippen LogP contribution in [0.15, 0.2) is 48.5 Å². The minimum absolute atomic E-state index is 0.142. The molecule has 2 aromatic carbocycles. The van der Waals surface area contributed by atoms with Crippen molar-refractivity contribution in [2.45, 2.75) is 19.0 Å². The van der Waals surface area contributed by atoms with E-state index in [0.717, 1.165) is 11.1 Å². The highest BCUT2D eigenvalue weighted by atomic mass is 14.5. The van der Waals surface area contributed by atoms with E-state index in [0.29, 0.717) is 13.1 Å². The highest BCUT2D eigenvalue weighted by Gasteiger charge is 2.08. The van der Waals surface area contributed by atoms with Crippen molar-refractivity contribution in [3.05, 3.63) is 77.7 Å². The molecule has 0 unspecified atom stereocenters. The van der Waals surface area contributed by atoms with Crippen LogP contribution in [0.1, 0.15) is 28.2 Å². The number of rotatable bonds is 4. The molecule has 0 heterocycles. The molecule has 0 aliphatic rings. The van der Waals surface area contributed by atoms with Gasteiger partial charge in [-0.25, -0.2) is 0 Å². The van der Waals surface area contributed by atoms with Crippen molar-refractivity contribution in [2.24, 2.45) is 11.5 Å². The van der Waals surface area contributed by atoms with Crippen molar-refractivity contribution in [1.29, 1.82) is 0 Å². The van der Waals surface area contributed by atoms with E-state index in [4.69, 9.17) is 11.5 Å². The third-order valence-corrected chi connectivity index (χ3v) is 3.24. The van der Waals surface area contributed by atoms with E-state index in [1.807, 2.05) is 0 Å². The summed E-state index contributed by atoms with van der Waals surface area (Å²) in [5, 5.41) is 0. The first-order valence-electron chi connectivity index (χ1n) is 6.15. The minimum Gasteiger partial charge on any atom is -0.326 e. The Labute approximate surface area is 109 Å². The molecule has 0 saturated heterocycles. The Kier molecular flexibility index (Phi) is 4.13. The second-order valence-corrected chi connectivity index (χ2v) is 4.44. The summed E-state index contributed by atoms with van der Waals surface area (Å²) in [5.41, 5.74) is 15.9. The van der Waals surface area contributed by atoms with Gasteiger partial charge in [0.25, 0.3) is 0 Å². The smallest absolute Gasteiger partial charge is 0.0178 e. The molecule has 0 aliphatic carbocycles. The van der Waals surface area contributed by atoms with Crippen molar-refractivity contribution < 1.29 is 0 Å². The summed E-state index contributed by atoms with van der Waals surface area (Å²) in [6.07, 6.45) is 0. The van der Waals surface area contributed by atoms with Crippen LogP contribution in [0.4, 0.5) is 0 Å². The van der Waals surface area contributed by atoms with Crippen LogP contribution in [0.3, 0.4) is 0 Å². The Morgan fingerprint density at radius 1 is 0.722 bits per heavy atom. The SMILES string of the molecule is [CH2]C(c1ccc(CN)cc1)c1ccc(CN)cc1. The second kappa shape index (κ2) is 5.80. The van der Waals surface area contributed by atoms with E-state index in [1.165, 1.54) is 11.1 Å². The molecule has 2 rings (SSSR count). The molecule has 0 amide bonds. The van der Waals surface area contributed by atoms with Gasteiger partial charge in [-0.2, -0.15) is 0 Å². The normalized spacial score (nSPS) is 10.9. The molecule has 2 heteroatoms. The van der Waals surface area contributed by atoms with Crippen LogP contribution in [0.5, 0.6) is 0 Å². The van der Waals surface area contributed by atoms with E-state index in [-0.39, 0.29) is 5.92 Å². The van der Waals surface area contributed by atoms with Crippen molar-refractivity contribution >= 4 is 0 Å². The van der Waals surface area contributed by atoms with Crippen LogP contribution in [-0.4, -0.2) is 0 Å². The first-order chi connectivity index (χ1) is 8.74. The van der Waals surface area contributed by atoms with Gasteiger partial charge in [0.15, 0.2) is 0 Å². The van der Waals surface area contributed by atoms with Gasteiger partial charge >= 0.3 is 0 Å². The fraction of sp³-hybridized carbons (Fsp3) is 0.188. The van der Waals surface area contributed by atoms with E-state index < -0.39 is 0 Å². The lowest BCUT2D eigenvalue weighted by Gasteiger charge is -2.13. The lowest BCUT2D eigenvalue weighted by atomic mass is 9.92. The molecular formula is C16H19N2. The maximum Gasteiger partial charge on any atom is 0.0178 e. The molecule has 1 radical (unpaired) electrons. The lowest BCUT2D eigenvalue weighted by molar-refractivity contribution is 0.998. The molecule has 0 fully saturated rings. The predicted molar refractivity (Wildman–Crippen MR) is 75.9 cm³/mol. The Morgan fingerprint density at radius 3 is 1.33 bits per heavy atom. The molecule has 2 aromatic rings. The number of hydrogen-bond acceptors (Lipinski definition) is 2. The molecule has 0 aliphatic heterocycles. The van der Waals surface area contributed by atoms with Crippen LogP contribution in [-0.2, 0) is 13.1 Å². The molecule has 4 N–H and O–H groups in total. The molecule has 2 nitrogen and oxygen atoms in total. The van der Waals surface area contributed by atoms with Crippen molar-refractivity contribution in [3.63, 3.8) is 0 Å². The van der Waals surface area contributed by atoms with E-state index in [2.05, 4.69) is 55.5 Å². The summed E-state index contributed by atoms with van der Waals surface area (Å²) in [6.45, 7) is 5.38. The second-order valence-electron chi connectivity index (χ2n) is 4.44. The summed E-state index contributed by atoms with van der Waals surface area (Å²) in [4.78, 5) is 0. The lowest BCUT2D eigenvalue weighted by Crippen LogP contribution is -2.00. The monoisotopic (exact) mass is 239 g/mol. The number of nitrogens with two attached hydrogens (primary N) is 2. The zero-order valence-corrected chi connectivity index (χ0v) is 10.5. The first-order valence-corrected chi connectivity index (χ1v) is 6.15. The van der Waals surface area contributed by atoms with Crippen LogP contribution in [0.2, 0.25) is 0 Å². The van der Waals surface area contributed by atoms with Crippen LogP contribution < -0.4 is 11.5 Å². The van der Waals surface area contributed by atoms with Gasteiger partial charge in [0.2, 0.25) is 0 Å². The summed E-state index contributed by atoms with van der Waals surface area (Å²) in [7, 11) is 0. The highest BCUT2D eigenvalue weighted by molar-refractivity contribution is 5.36. The Bertz CT molecular complexity index is 438. The average Bonchev–Trinajstić information content (AvgIpc) is 2.47. The average molecular weight is 239 g/mol. The van der Waals surface area contributed by atoms with Gasteiger partial charge in [-0.1, -0.05) is 48.5 Å². The molecule has 93 valence electrons. The van der Waals surface area contributed by atoms with Gasteiger partial charge in [0, 0.05) is 19.0 Å². The van der Waals surface area contributed by atoms with Gasteiger partial charge in [-0.3, -0.25) is 0 Å². The van der Waals surface area contributed by atoms with Crippen molar-refractivity contribution in [1.82, 2.24) is 0 Å². The fourth-order valence-corrected chi connectivity index (χ4v) is 1.96. The maximum atomic E-state index is 5.59. The topological polar surface area (TPSA) is 52.0 Å². The molecule has 0 bridgehead atoms. The van der Waals surface area contributed by atoms with Crippen LogP contribution >= 0.6 is 0 Å². The minimum atomic E-state index is 0.142. The highest BCUT2D eigenvalue weighted by Crippen LogP contribution is 2.24. The third-order valence-electron chi connectivity index (χ3n) is 3.24. The van der Waals surface area contributed by atoms with Crippen molar-refractivity contribution in [2.75, 3.05) is 0 Å². The Hall–Kier alpha value is -1.64. The Balaban J connectivity index is 2.20. The van der Waals surface area contributed by atoms with Gasteiger partial charge in [0.1, 0.15) is 0 Å². The quantitative estimate of drug-likeness (QED) is 0.861. The van der Waals surface area contributed by atoms with Gasteiger partial charge < -0.3 is 11.5 Å². The van der Waals surface area contributed by atoms with E-state index in [1.54, 1.807) is 0 Å². The van der Waals surface area contributed by atoms with Gasteiger partial charge in [-0.05, 0) is 29.2 Å². The molecule has 0 atom stereocenters.